The Morgan fingerprint density at radius 1 is 1.10 bits per heavy atom. The fourth-order valence-corrected chi connectivity index (χ4v) is 4.13. The van der Waals surface area contributed by atoms with Crippen molar-refractivity contribution in [2.45, 2.75) is 25.7 Å². The van der Waals surface area contributed by atoms with Gasteiger partial charge in [-0.1, -0.05) is 31.0 Å². The highest BCUT2D eigenvalue weighted by molar-refractivity contribution is 7.89. The van der Waals surface area contributed by atoms with Gasteiger partial charge in [0.05, 0.1) is 19.0 Å². The lowest BCUT2D eigenvalue weighted by molar-refractivity contribution is 0.0406. The summed E-state index contributed by atoms with van der Waals surface area (Å²) in [6, 6.07) is 9.53. The van der Waals surface area contributed by atoms with Crippen LogP contribution in [0.2, 0.25) is 0 Å². The Morgan fingerprint density at radius 3 is 2.38 bits per heavy atom. The Morgan fingerprint density at radius 2 is 1.76 bits per heavy atom. The number of benzene rings is 1. The molecule has 0 bridgehead atoms. The summed E-state index contributed by atoms with van der Waals surface area (Å²) in [5.74, 6) is 0.820. The van der Waals surface area contributed by atoms with E-state index in [1.807, 2.05) is 30.3 Å². The van der Waals surface area contributed by atoms with Crippen molar-refractivity contribution < 1.29 is 17.9 Å². The highest BCUT2D eigenvalue weighted by atomic mass is 32.2. The zero-order valence-corrected chi connectivity index (χ0v) is 13.0. The third kappa shape index (κ3) is 5.65. The van der Waals surface area contributed by atoms with Gasteiger partial charge in [-0.3, -0.25) is 0 Å². The van der Waals surface area contributed by atoms with Gasteiger partial charge in [-0.05, 0) is 25.0 Å². The molecule has 2 N–H and O–H groups in total. The smallest absolute Gasteiger partial charge is 0.209 e. The van der Waals surface area contributed by atoms with Gasteiger partial charge in [0, 0.05) is 5.41 Å². The summed E-state index contributed by atoms with van der Waals surface area (Å²) in [5, 5.41) is 5.20. The predicted molar refractivity (Wildman–Crippen MR) is 81.6 cm³/mol. The molecule has 1 aliphatic rings. The van der Waals surface area contributed by atoms with Crippen LogP contribution in [-0.2, 0) is 14.8 Å². The van der Waals surface area contributed by atoms with Crippen molar-refractivity contribution in [2.24, 2.45) is 10.6 Å². The zero-order chi connectivity index (χ0) is 15.2. The van der Waals surface area contributed by atoms with Gasteiger partial charge >= 0.3 is 0 Å². The molecule has 1 fully saturated rings. The predicted octanol–water partition coefficient (Wildman–Crippen LogP) is 1.93. The number of rotatable bonds is 8. The fourth-order valence-electron chi connectivity index (χ4n) is 2.91. The first-order valence-corrected chi connectivity index (χ1v) is 8.97. The van der Waals surface area contributed by atoms with Gasteiger partial charge in [-0.2, -0.15) is 0 Å². The first-order chi connectivity index (χ1) is 9.99. The van der Waals surface area contributed by atoms with E-state index in [9.17, 15) is 8.42 Å². The van der Waals surface area contributed by atoms with Crippen LogP contribution in [0, 0.1) is 5.41 Å². The maximum Gasteiger partial charge on any atom is 0.209 e. The van der Waals surface area contributed by atoms with Gasteiger partial charge in [0.2, 0.25) is 10.0 Å². The lowest BCUT2D eigenvalue weighted by Crippen LogP contribution is -2.35. The van der Waals surface area contributed by atoms with Gasteiger partial charge in [-0.25, -0.2) is 13.6 Å². The third-order valence-corrected chi connectivity index (χ3v) is 4.83. The Hall–Kier alpha value is -1.11. The molecule has 1 saturated carbocycles. The molecule has 6 heteroatoms. The number of para-hydroxylation sites is 1. The van der Waals surface area contributed by atoms with Crippen molar-refractivity contribution >= 4 is 10.0 Å². The third-order valence-electron chi connectivity index (χ3n) is 3.82. The Bertz CT molecular complexity index is 524. The van der Waals surface area contributed by atoms with E-state index < -0.39 is 10.0 Å². The molecule has 0 saturated heterocycles. The van der Waals surface area contributed by atoms with E-state index in [1.54, 1.807) is 0 Å². The number of nitrogens with two attached hydrogens (primary N) is 1. The molecular formula is C15H23NO4S. The van der Waals surface area contributed by atoms with Crippen LogP contribution in [0.3, 0.4) is 0 Å². The van der Waals surface area contributed by atoms with Crippen LogP contribution in [0.15, 0.2) is 30.3 Å². The van der Waals surface area contributed by atoms with Gasteiger partial charge in [-0.15, -0.1) is 0 Å². The number of primary sulfonamides is 1. The molecule has 0 atom stereocenters. The van der Waals surface area contributed by atoms with E-state index in [0.29, 0.717) is 19.8 Å². The second-order valence-corrected chi connectivity index (χ2v) is 7.34. The molecule has 21 heavy (non-hydrogen) atoms. The second-order valence-electron chi connectivity index (χ2n) is 5.73. The van der Waals surface area contributed by atoms with Crippen LogP contribution < -0.4 is 9.88 Å². The van der Waals surface area contributed by atoms with Crippen LogP contribution in [0.1, 0.15) is 25.7 Å². The minimum atomic E-state index is -3.46. The number of ether oxygens (including phenoxy) is 2. The van der Waals surface area contributed by atoms with Gasteiger partial charge < -0.3 is 9.47 Å². The normalized spacial score (nSPS) is 17.8. The topological polar surface area (TPSA) is 78.6 Å². The van der Waals surface area contributed by atoms with Crippen molar-refractivity contribution in [3.63, 3.8) is 0 Å². The molecule has 0 aromatic heterocycles. The van der Waals surface area contributed by atoms with E-state index in [-0.39, 0.29) is 11.2 Å². The summed E-state index contributed by atoms with van der Waals surface area (Å²) in [7, 11) is -3.46. The SMILES string of the molecule is NS(=O)(=O)CC1(COCCOc2ccccc2)CCCC1. The molecule has 1 aromatic carbocycles. The highest BCUT2D eigenvalue weighted by Crippen LogP contribution is 2.39. The maximum absolute atomic E-state index is 11.4. The van der Waals surface area contributed by atoms with E-state index in [4.69, 9.17) is 14.6 Å². The van der Waals surface area contributed by atoms with Crippen LogP contribution in [0.25, 0.3) is 0 Å². The standard InChI is InChI=1S/C15H23NO4S/c16-21(17,18)13-15(8-4-5-9-15)12-19-10-11-20-14-6-2-1-3-7-14/h1-3,6-7H,4-5,8-13H2,(H2,16,17,18). The monoisotopic (exact) mass is 313 g/mol. The quantitative estimate of drug-likeness (QED) is 0.744. The molecule has 2 rings (SSSR count). The first kappa shape index (κ1) is 16.3. The summed E-state index contributed by atoms with van der Waals surface area (Å²) < 4.78 is 33.9. The molecular weight excluding hydrogens is 290 g/mol. The molecule has 1 aromatic rings. The summed E-state index contributed by atoms with van der Waals surface area (Å²) in [5.41, 5.74) is -0.305. The zero-order valence-electron chi connectivity index (χ0n) is 12.2. The van der Waals surface area contributed by atoms with Gasteiger partial charge in [0.25, 0.3) is 0 Å². The van der Waals surface area contributed by atoms with Gasteiger partial charge in [0.1, 0.15) is 12.4 Å². The fraction of sp³-hybridized carbons (Fsp3) is 0.600. The largest absolute Gasteiger partial charge is 0.491 e. The van der Waals surface area contributed by atoms with Crippen LogP contribution in [-0.4, -0.2) is 34.0 Å². The summed E-state index contributed by atoms with van der Waals surface area (Å²) >= 11 is 0. The number of hydrogen-bond donors (Lipinski definition) is 1. The summed E-state index contributed by atoms with van der Waals surface area (Å²) in [6.07, 6.45) is 3.81. The van der Waals surface area contributed by atoms with E-state index >= 15 is 0 Å². The molecule has 0 heterocycles. The van der Waals surface area contributed by atoms with Crippen molar-refractivity contribution in [3.8, 4) is 5.75 Å². The molecule has 1 aliphatic carbocycles. The highest BCUT2D eigenvalue weighted by Gasteiger charge is 2.37. The van der Waals surface area contributed by atoms with Gasteiger partial charge in [0.15, 0.2) is 0 Å². The molecule has 0 unspecified atom stereocenters. The van der Waals surface area contributed by atoms with Crippen LogP contribution in [0.5, 0.6) is 5.75 Å². The maximum atomic E-state index is 11.4. The summed E-state index contributed by atoms with van der Waals surface area (Å²) in [4.78, 5) is 0. The Labute approximate surface area is 126 Å². The number of hydrogen-bond acceptors (Lipinski definition) is 4. The molecule has 118 valence electrons. The minimum Gasteiger partial charge on any atom is -0.491 e. The van der Waals surface area contributed by atoms with E-state index in [1.165, 1.54) is 0 Å². The van der Waals surface area contributed by atoms with Crippen molar-refractivity contribution in [1.82, 2.24) is 0 Å². The molecule has 5 nitrogen and oxygen atoms in total. The molecule has 0 spiro atoms. The lowest BCUT2D eigenvalue weighted by atomic mass is 9.90. The average molecular weight is 313 g/mol. The van der Waals surface area contributed by atoms with E-state index in [0.717, 1.165) is 31.4 Å². The first-order valence-electron chi connectivity index (χ1n) is 7.25. The van der Waals surface area contributed by atoms with Crippen molar-refractivity contribution in [1.29, 1.82) is 0 Å². The Kier molecular flexibility index (Phi) is 5.61. The van der Waals surface area contributed by atoms with E-state index in [2.05, 4.69) is 0 Å². The molecule has 0 radical (unpaired) electrons. The average Bonchev–Trinajstić information content (AvgIpc) is 2.86. The summed E-state index contributed by atoms with van der Waals surface area (Å²) in [6.45, 7) is 1.33. The number of sulfonamides is 1. The minimum absolute atomic E-state index is 0.0134. The Balaban J connectivity index is 1.73. The molecule has 0 aliphatic heterocycles. The second kappa shape index (κ2) is 7.24. The lowest BCUT2D eigenvalue weighted by Gasteiger charge is -2.27. The van der Waals surface area contributed by atoms with Crippen LogP contribution >= 0.6 is 0 Å². The van der Waals surface area contributed by atoms with Crippen molar-refractivity contribution in [2.75, 3.05) is 25.6 Å². The van der Waals surface area contributed by atoms with Crippen molar-refractivity contribution in [3.05, 3.63) is 30.3 Å². The molecule has 0 amide bonds. The van der Waals surface area contributed by atoms with Crippen LogP contribution in [0.4, 0.5) is 0 Å².